The largest absolute Gasteiger partial charge is 0.371 e. The SMILES string of the molecule is Cc1ccccc1N1CC[C@@H](CNC(=O)Cn2ccnc2C)C1. The van der Waals surface area contributed by atoms with Gasteiger partial charge < -0.3 is 14.8 Å². The highest BCUT2D eigenvalue weighted by molar-refractivity contribution is 5.75. The molecule has 0 aliphatic carbocycles. The molecule has 1 atom stereocenters. The fourth-order valence-corrected chi connectivity index (χ4v) is 3.18. The monoisotopic (exact) mass is 312 g/mol. The number of nitrogens with zero attached hydrogens (tertiary/aromatic N) is 3. The van der Waals surface area contributed by atoms with Gasteiger partial charge in [-0.2, -0.15) is 0 Å². The molecule has 1 aromatic carbocycles. The fourth-order valence-electron chi connectivity index (χ4n) is 3.18. The van der Waals surface area contributed by atoms with Crippen LogP contribution in [0.5, 0.6) is 0 Å². The minimum absolute atomic E-state index is 0.0560. The molecule has 23 heavy (non-hydrogen) atoms. The molecule has 122 valence electrons. The van der Waals surface area contributed by atoms with Gasteiger partial charge >= 0.3 is 0 Å². The highest BCUT2D eigenvalue weighted by Gasteiger charge is 2.23. The number of imidazole rings is 1. The Morgan fingerprint density at radius 2 is 2.17 bits per heavy atom. The summed E-state index contributed by atoms with van der Waals surface area (Å²) in [6.07, 6.45) is 4.68. The van der Waals surface area contributed by atoms with Crippen molar-refractivity contribution in [1.29, 1.82) is 0 Å². The molecule has 3 rings (SSSR count). The second-order valence-corrected chi connectivity index (χ2v) is 6.29. The molecule has 1 saturated heterocycles. The lowest BCUT2D eigenvalue weighted by Gasteiger charge is -2.21. The molecular weight excluding hydrogens is 288 g/mol. The lowest BCUT2D eigenvalue weighted by Crippen LogP contribution is -2.33. The van der Waals surface area contributed by atoms with Crippen LogP contribution in [0.2, 0.25) is 0 Å². The zero-order valence-corrected chi connectivity index (χ0v) is 13.8. The van der Waals surface area contributed by atoms with E-state index in [1.165, 1.54) is 11.3 Å². The third-order valence-corrected chi connectivity index (χ3v) is 4.57. The van der Waals surface area contributed by atoms with Crippen molar-refractivity contribution in [2.24, 2.45) is 5.92 Å². The summed E-state index contributed by atoms with van der Waals surface area (Å²) < 4.78 is 1.86. The third-order valence-electron chi connectivity index (χ3n) is 4.57. The molecule has 2 heterocycles. The molecular formula is C18H24N4O. The molecule has 2 aromatic rings. The van der Waals surface area contributed by atoms with Crippen molar-refractivity contribution in [2.45, 2.75) is 26.8 Å². The van der Waals surface area contributed by atoms with Crippen LogP contribution in [0.15, 0.2) is 36.7 Å². The quantitative estimate of drug-likeness (QED) is 0.920. The summed E-state index contributed by atoms with van der Waals surface area (Å²) in [6.45, 7) is 7.22. The van der Waals surface area contributed by atoms with E-state index in [1.54, 1.807) is 6.20 Å². The van der Waals surface area contributed by atoms with Crippen molar-refractivity contribution in [1.82, 2.24) is 14.9 Å². The maximum absolute atomic E-state index is 12.1. The van der Waals surface area contributed by atoms with Gasteiger partial charge in [0.15, 0.2) is 0 Å². The molecule has 1 amide bonds. The number of aromatic nitrogens is 2. The van der Waals surface area contributed by atoms with Gasteiger partial charge in [0.1, 0.15) is 12.4 Å². The molecule has 5 heteroatoms. The summed E-state index contributed by atoms with van der Waals surface area (Å²) in [6, 6.07) is 8.49. The first-order valence-electron chi connectivity index (χ1n) is 8.18. The Morgan fingerprint density at radius 1 is 1.35 bits per heavy atom. The zero-order valence-electron chi connectivity index (χ0n) is 13.8. The minimum atomic E-state index is 0.0560. The van der Waals surface area contributed by atoms with Gasteiger partial charge in [-0.25, -0.2) is 4.98 Å². The van der Waals surface area contributed by atoms with E-state index in [1.807, 2.05) is 17.7 Å². The van der Waals surface area contributed by atoms with Crippen LogP contribution in [-0.2, 0) is 11.3 Å². The number of nitrogens with one attached hydrogen (secondary N) is 1. The molecule has 1 fully saturated rings. The van der Waals surface area contributed by atoms with Crippen LogP contribution in [0.25, 0.3) is 0 Å². The highest BCUT2D eigenvalue weighted by Crippen LogP contribution is 2.26. The number of carbonyl (C=O) groups excluding carboxylic acids is 1. The molecule has 1 N–H and O–H groups in total. The number of para-hydroxylation sites is 1. The second kappa shape index (κ2) is 6.86. The van der Waals surface area contributed by atoms with E-state index in [2.05, 4.69) is 46.4 Å². The Hall–Kier alpha value is -2.30. The van der Waals surface area contributed by atoms with Gasteiger partial charge in [0.25, 0.3) is 0 Å². The standard InChI is InChI=1S/C18H24N4O/c1-14-5-3-4-6-17(14)22-9-7-16(12-22)11-20-18(23)13-21-10-8-19-15(21)2/h3-6,8,10,16H,7,9,11-13H2,1-2H3,(H,20,23)/t16-/m0/s1. The molecule has 0 radical (unpaired) electrons. The van der Waals surface area contributed by atoms with E-state index < -0.39 is 0 Å². The predicted molar refractivity (Wildman–Crippen MR) is 91.5 cm³/mol. The van der Waals surface area contributed by atoms with Gasteiger partial charge in [-0.1, -0.05) is 18.2 Å². The summed E-state index contributed by atoms with van der Waals surface area (Å²) in [5.41, 5.74) is 2.63. The van der Waals surface area contributed by atoms with Crippen molar-refractivity contribution in [3.63, 3.8) is 0 Å². The average Bonchev–Trinajstić information content (AvgIpc) is 3.16. The van der Waals surface area contributed by atoms with Crippen LogP contribution in [0, 0.1) is 19.8 Å². The predicted octanol–water partition coefficient (Wildman–Crippen LogP) is 2.14. The van der Waals surface area contributed by atoms with Crippen molar-refractivity contribution in [2.75, 3.05) is 24.5 Å². The van der Waals surface area contributed by atoms with Crippen molar-refractivity contribution >= 4 is 11.6 Å². The van der Waals surface area contributed by atoms with Gasteiger partial charge in [0, 0.05) is 37.7 Å². The van der Waals surface area contributed by atoms with Crippen LogP contribution in [-0.4, -0.2) is 35.1 Å². The average molecular weight is 312 g/mol. The fraction of sp³-hybridized carbons (Fsp3) is 0.444. The number of hydrogen-bond donors (Lipinski definition) is 1. The first-order chi connectivity index (χ1) is 11.1. The van der Waals surface area contributed by atoms with Gasteiger partial charge in [-0.05, 0) is 37.8 Å². The van der Waals surface area contributed by atoms with Crippen molar-refractivity contribution in [3.8, 4) is 0 Å². The number of benzene rings is 1. The smallest absolute Gasteiger partial charge is 0.239 e. The number of rotatable bonds is 5. The molecule has 0 spiro atoms. The molecule has 5 nitrogen and oxygen atoms in total. The van der Waals surface area contributed by atoms with E-state index in [-0.39, 0.29) is 5.91 Å². The number of anilines is 1. The summed E-state index contributed by atoms with van der Waals surface area (Å²) in [4.78, 5) is 18.6. The Kier molecular flexibility index (Phi) is 4.65. The lowest BCUT2D eigenvalue weighted by atomic mass is 10.1. The van der Waals surface area contributed by atoms with Gasteiger partial charge in [0.2, 0.25) is 5.91 Å². The topological polar surface area (TPSA) is 50.2 Å². The molecule has 0 saturated carbocycles. The molecule has 1 aliphatic heterocycles. The van der Waals surface area contributed by atoms with Gasteiger partial charge in [0.05, 0.1) is 0 Å². The molecule has 1 aromatic heterocycles. The summed E-state index contributed by atoms with van der Waals surface area (Å²) in [5, 5.41) is 3.06. The Bertz CT molecular complexity index is 679. The maximum Gasteiger partial charge on any atom is 0.239 e. The zero-order chi connectivity index (χ0) is 16.2. The van der Waals surface area contributed by atoms with E-state index in [0.717, 1.165) is 31.9 Å². The third kappa shape index (κ3) is 3.73. The summed E-state index contributed by atoms with van der Waals surface area (Å²) in [7, 11) is 0. The molecule has 0 bridgehead atoms. The van der Waals surface area contributed by atoms with E-state index in [9.17, 15) is 4.79 Å². The second-order valence-electron chi connectivity index (χ2n) is 6.29. The van der Waals surface area contributed by atoms with Crippen LogP contribution in [0.3, 0.4) is 0 Å². The van der Waals surface area contributed by atoms with Gasteiger partial charge in [-0.3, -0.25) is 4.79 Å². The number of carbonyl (C=O) groups is 1. The first kappa shape index (κ1) is 15.6. The van der Waals surface area contributed by atoms with Gasteiger partial charge in [-0.15, -0.1) is 0 Å². The normalized spacial score (nSPS) is 17.5. The summed E-state index contributed by atoms with van der Waals surface area (Å²) in [5.74, 6) is 1.44. The Morgan fingerprint density at radius 3 is 2.91 bits per heavy atom. The van der Waals surface area contributed by atoms with Crippen molar-refractivity contribution < 1.29 is 4.79 Å². The van der Waals surface area contributed by atoms with E-state index in [0.29, 0.717) is 12.5 Å². The first-order valence-corrected chi connectivity index (χ1v) is 8.18. The van der Waals surface area contributed by atoms with E-state index >= 15 is 0 Å². The number of hydrogen-bond acceptors (Lipinski definition) is 3. The Balaban J connectivity index is 1.48. The highest BCUT2D eigenvalue weighted by atomic mass is 16.1. The lowest BCUT2D eigenvalue weighted by molar-refractivity contribution is -0.121. The molecule has 1 aliphatic rings. The number of aryl methyl sites for hydroxylation is 2. The Labute approximate surface area is 137 Å². The maximum atomic E-state index is 12.1. The van der Waals surface area contributed by atoms with Crippen molar-refractivity contribution in [3.05, 3.63) is 48.0 Å². The summed E-state index contributed by atoms with van der Waals surface area (Å²) >= 11 is 0. The van der Waals surface area contributed by atoms with Crippen LogP contribution >= 0.6 is 0 Å². The van der Waals surface area contributed by atoms with Crippen LogP contribution < -0.4 is 10.2 Å². The minimum Gasteiger partial charge on any atom is -0.371 e. The van der Waals surface area contributed by atoms with E-state index in [4.69, 9.17) is 0 Å². The van der Waals surface area contributed by atoms with Crippen LogP contribution in [0.4, 0.5) is 5.69 Å². The number of amides is 1. The van der Waals surface area contributed by atoms with Crippen LogP contribution in [0.1, 0.15) is 17.8 Å². The molecule has 0 unspecified atom stereocenters.